The Labute approximate surface area is 158 Å². The second-order valence-corrected chi connectivity index (χ2v) is 7.48. The standard InChI is InChI=1S/C20H24N6O/c1-14(2)7-19-22-9-15-11-26(12-17(15)24-19)20(27)18(25-5-3-4-6-25)8-16-10-21-13-23-16/h3-6,9-10,13-14,18H,7-8,11-12H2,1-2H3,(H,21,23)/t18-/m1/s1. The Morgan fingerprint density at radius 1 is 1.19 bits per heavy atom. The summed E-state index contributed by atoms with van der Waals surface area (Å²) in [6.45, 7) is 5.42. The van der Waals surface area contributed by atoms with Crippen LogP contribution < -0.4 is 0 Å². The highest BCUT2D eigenvalue weighted by Crippen LogP contribution is 2.25. The molecule has 1 atom stereocenters. The topological polar surface area (TPSA) is 79.7 Å². The Balaban J connectivity index is 1.53. The minimum Gasteiger partial charge on any atom is -0.348 e. The highest BCUT2D eigenvalue weighted by atomic mass is 16.2. The normalized spacial score (nSPS) is 14.6. The van der Waals surface area contributed by atoms with E-state index in [4.69, 9.17) is 4.98 Å². The number of fused-ring (bicyclic) bond motifs is 1. The Morgan fingerprint density at radius 2 is 2.00 bits per heavy atom. The number of aromatic nitrogens is 5. The van der Waals surface area contributed by atoms with Crippen molar-refractivity contribution < 1.29 is 4.79 Å². The SMILES string of the molecule is CC(C)Cc1ncc2c(n1)CN(C(=O)[C@@H](Cc1cnc[nH]1)n1cccc1)C2. The van der Waals surface area contributed by atoms with Crippen LogP contribution in [-0.2, 0) is 30.7 Å². The van der Waals surface area contributed by atoms with Crippen molar-refractivity contribution in [3.05, 3.63) is 66.0 Å². The molecule has 0 spiro atoms. The molecule has 0 fully saturated rings. The highest BCUT2D eigenvalue weighted by Gasteiger charge is 2.31. The molecular weight excluding hydrogens is 340 g/mol. The minimum atomic E-state index is -0.308. The molecule has 0 saturated heterocycles. The molecule has 0 aromatic carbocycles. The van der Waals surface area contributed by atoms with Crippen LogP contribution in [0.25, 0.3) is 0 Å². The maximum absolute atomic E-state index is 13.3. The highest BCUT2D eigenvalue weighted by molar-refractivity contribution is 5.81. The number of hydrogen-bond acceptors (Lipinski definition) is 4. The third kappa shape index (κ3) is 3.77. The number of imidazole rings is 1. The van der Waals surface area contributed by atoms with Crippen molar-refractivity contribution >= 4 is 5.91 Å². The van der Waals surface area contributed by atoms with Gasteiger partial charge in [-0.3, -0.25) is 4.79 Å². The zero-order chi connectivity index (χ0) is 18.8. The van der Waals surface area contributed by atoms with Crippen LogP contribution in [0.15, 0.2) is 43.2 Å². The molecule has 1 N–H and O–H groups in total. The molecule has 1 aliphatic rings. The van der Waals surface area contributed by atoms with Crippen LogP contribution in [0, 0.1) is 5.92 Å². The van der Waals surface area contributed by atoms with Crippen molar-refractivity contribution in [2.75, 3.05) is 0 Å². The van der Waals surface area contributed by atoms with E-state index in [2.05, 4.69) is 28.8 Å². The number of aromatic amines is 1. The van der Waals surface area contributed by atoms with E-state index in [9.17, 15) is 4.79 Å². The maximum Gasteiger partial charge on any atom is 0.246 e. The molecule has 0 saturated carbocycles. The van der Waals surface area contributed by atoms with Crippen LogP contribution in [0.5, 0.6) is 0 Å². The second-order valence-electron chi connectivity index (χ2n) is 7.48. The molecule has 0 unspecified atom stereocenters. The summed E-state index contributed by atoms with van der Waals surface area (Å²) in [4.78, 5) is 31.5. The van der Waals surface area contributed by atoms with Gasteiger partial charge in [0.1, 0.15) is 11.9 Å². The molecular formula is C20H24N6O. The molecule has 0 radical (unpaired) electrons. The average Bonchev–Trinajstić information content (AvgIpc) is 3.38. The third-order valence-corrected chi connectivity index (χ3v) is 4.85. The fraction of sp³-hybridized carbons (Fsp3) is 0.400. The lowest BCUT2D eigenvalue weighted by Gasteiger charge is -2.24. The van der Waals surface area contributed by atoms with Crippen molar-refractivity contribution in [1.82, 2.24) is 29.4 Å². The first kappa shape index (κ1) is 17.5. The van der Waals surface area contributed by atoms with Crippen LogP contribution in [0.3, 0.4) is 0 Å². The fourth-order valence-electron chi connectivity index (χ4n) is 3.51. The molecule has 1 aliphatic heterocycles. The number of amides is 1. The predicted octanol–water partition coefficient (Wildman–Crippen LogP) is 2.53. The summed E-state index contributed by atoms with van der Waals surface area (Å²) in [5.41, 5.74) is 2.96. The van der Waals surface area contributed by atoms with E-state index < -0.39 is 0 Å². The number of hydrogen-bond donors (Lipinski definition) is 1. The molecule has 1 amide bonds. The zero-order valence-electron chi connectivity index (χ0n) is 15.7. The number of rotatable bonds is 6. The van der Waals surface area contributed by atoms with Crippen molar-refractivity contribution in [2.24, 2.45) is 5.92 Å². The Hall–Kier alpha value is -2.96. The molecule has 0 aliphatic carbocycles. The van der Waals surface area contributed by atoms with Crippen LogP contribution in [0.4, 0.5) is 0 Å². The van der Waals surface area contributed by atoms with Gasteiger partial charge in [-0.1, -0.05) is 13.8 Å². The van der Waals surface area contributed by atoms with Crippen molar-refractivity contribution in [1.29, 1.82) is 0 Å². The molecule has 3 aromatic rings. The smallest absolute Gasteiger partial charge is 0.246 e. The third-order valence-electron chi connectivity index (χ3n) is 4.85. The summed E-state index contributed by atoms with van der Waals surface area (Å²) >= 11 is 0. The molecule has 7 heteroatoms. The van der Waals surface area contributed by atoms with Gasteiger partial charge >= 0.3 is 0 Å². The van der Waals surface area contributed by atoms with E-state index in [-0.39, 0.29) is 11.9 Å². The van der Waals surface area contributed by atoms with Gasteiger partial charge in [-0.15, -0.1) is 0 Å². The van der Waals surface area contributed by atoms with E-state index in [0.717, 1.165) is 29.2 Å². The number of nitrogens with one attached hydrogen (secondary N) is 1. The largest absolute Gasteiger partial charge is 0.348 e. The van der Waals surface area contributed by atoms with Crippen molar-refractivity contribution in [2.45, 2.75) is 45.8 Å². The monoisotopic (exact) mass is 364 g/mol. The van der Waals surface area contributed by atoms with Crippen LogP contribution in [0.2, 0.25) is 0 Å². The van der Waals surface area contributed by atoms with Gasteiger partial charge in [0.25, 0.3) is 0 Å². The number of nitrogens with zero attached hydrogens (tertiary/aromatic N) is 5. The molecule has 4 heterocycles. The van der Waals surface area contributed by atoms with E-state index in [1.54, 1.807) is 12.5 Å². The number of carbonyl (C=O) groups excluding carboxylic acids is 1. The van der Waals surface area contributed by atoms with Gasteiger partial charge in [-0.25, -0.2) is 15.0 Å². The lowest BCUT2D eigenvalue weighted by molar-refractivity contribution is -0.135. The summed E-state index contributed by atoms with van der Waals surface area (Å²) in [7, 11) is 0. The summed E-state index contributed by atoms with van der Waals surface area (Å²) < 4.78 is 1.96. The number of H-pyrrole nitrogens is 1. The molecule has 27 heavy (non-hydrogen) atoms. The average molecular weight is 364 g/mol. The molecule has 7 nitrogen and oxygen atoms in total. The number of carbonyl (C=O) groups is 1. The lowest BCUT2D eigenvalue weighted by Crippen LogP contribution is -2.34. The summed E-state index contributed by atoms with van der Waals surface area (Å²) in [6, 6.07) is 3.57. The molecule has 4 rings (SSSR count). The first-order chi connectivity index (χ1) is 13.1. The molecule has 140 valence electrons. The van der Waals surface area contributed by atoms with Gasteiger partial charge in [0, 0.05) is 55.4 Å². The first-order valence-corrected chi connectivity index (χ1v) is 9.32. The quantitative estimate of drug-likeness (QED) is 0.729. The van der Waals surface area contributed by atoms with Crippen molar-refractivity contribution in [3.8, 4) is 0 Å². The van der Waals surface area contributed by atoms with Gasteiger partial charge in [-0.05, 0) is 18.1 Å². The lowest BCUT2D eigenvalue weighted by atomic mass is 10.1. The first-order valence-electron chi connectivity index (χ1n) is 9.32. The Morgan fingerprint density at radius 3 is 2.70 bits per heavy atom. The Bertz CT molecular complexity index is 901. The van der Waals surface area contributed by atoms with Crippen molar-refractivity contribution in [3.63, 3.8) is 0 Å². The fourth-order valence-corrected chi connectivity index (χ4v) is 3.51. The summed E-state index contributed by atoms with van der Waals surface area (Å²) in [6.07, 6.45) is 10.6. The van der Waals surface area contributed by atoms with E-state index in [1.807, 2.05) is 40.2 Å². The van der Waals surface area contributed by atoms with Gasteiger partial charge in [-0.2, -0.15) is 0 Å². The van der Waals surface area contributed by atoms with Crippen LogP contribution >= 0.6 is 0 Å². The summed E-state index contributed by atoms with van der Waals surface area (Å²) in [5, 5.41) is 0. The van der Waals surface area contributed by atoms with E-state index >= 15 is 0 Å². The predicted molar refractivity (Wildman–Crippen MR) is 101 cm³/mol. The van der Waals surface area contributed by atoms with Gasteiger partial charge in [0.15, 0.2) is 0 Å². The van der Waals surface area contributed by atoms with E-state index in [1.165, 1.54) is 0 Å². The molecule has 3 aromatic heterocycles. The van der Waals surface area contributed by atoms with Gasteiger partial charge in [0.2, 0.25) is 5.91 Å². The van der Waals surface area contributed by atoms with Crippen LogP contribution in [-0.4, -0.2) is 35.3 Å². The summed E-state index contributed by atoms with van der Waals surface area (Å²) in [5.74, 6) is 1.45. The van der Waals surface area contributed by atoms with Crippen LogP contribution in [0.1, 0.15) is 42.7 Å². The van der Waals surface area contributed by atoms with Gasteiger partial charge < -0.3 is 14.5 Å². The molecule has 0 bridgehead atoms. The second kappa shape index (κ2) is 7.34. The maximum atomic E-state index is 13.3. The zero-order valence-corrected chi connectivity index (χ0v) is 15.7. The van der Waals surface area contributed by atoms with E-state index in [0.29, 0.717) is 25.4 Å². The van der Waals surface area contributed by atoms with Gasteiger partial charge in [0.05, 0.1) is 18.6 Å². The minimum absolute atomic E-state index is 0.0872. The Kier molecular flexibility index (Phi) is 4.75.